The number of aromatic nitrogens is 2. The van der Waals surface area contributed by atoms with Gasteiger partial charge in [0.25, 0.3) is 5.71 Å². The van der Waals surface area contributed by atoms with Gasteiger partial charge in [-0.05, 0) is 30.5 Å². The van der Waals surface area contributed by atoms with Crippen LogP contribution in [-0.2, 0) is 4.79 Å². The molecule has 0 saturated heterocycles. The first-order valence-corrected chi connectivity index (χ1v) is 9.97. The van der Waals surface area contributed by atoms with E-state index in [0.29, 0.717) is 28.1 Å². The van der Waals surface area contributed by atoms with Crippen molar-refractivity contribution in [2.45, 2.75) is 51.7 Å². The van der Waals surface area contributed by atoms with E-state index in [1.807, 2.05) is 13.8 Å². The first-order chi connectivity index (χ1) is 14.7. The number of carboxylic acids is 1. The zero-order valence-corrected chi connectivity index (χ0v) is 20.5. The minimum Gasteiger partial charge on any atom is -0.550 e. The predicted octanol–water partition coefficient (Wildman–Crippen LogP) is -0.270. The van der Waals surface area contributed by atoms with Crippen molar-refractivity contribution < 1.29 is 58.6 Å². The number of hydrogen-bond donors (Lipinski definition) is 2. The molecule has 0 aliphatic heterocycles. The summed E-state index contributed by atoms with van der Waals surface area (Å²) in [4.78, 5) is 15.2. The molecule has 0 radical (unpaired) electrons. The van der Waals surface area contributed by atoms with Crippen LogP contribution >= 0.6 is 0 Å². The quantitative estimate of drug-likeness (QED) is 0.454. The third kappa shape index (κ3) is 6.02. The second-order valence-corrected chi connectivity index (χ2v) is 7.79. The molecule has 0 saturated carbocycles. The SMILES string of the molecule is Cc1noc2nc(C(C)C)c(/C=C/[C@@H](O)C[C@@H](O)CC(=O)[O-])c(-c3ccc(F)cc3)c12.[Na+]. The van der Waals surface area contributed by atoms with Crippen molar-refractivity contribution in [3.05, 3.63) is 53.1 Å². The van der Waals surface area contributed by atoms with E-state index in [0.717, 1.165) is 11.1 Å². The Bertz CT molecular complexity index is 1110. The number of rotatable bonds is 8. The van der Waals surface area contributed by atoms with Crippen molar-refractivity contribution in [3.8, 4) is 11.1 Å². The van der Waals surface area contributed by atoms with Gasteiger partial charge in [0.2, 0.25) is 0 Å². The smallest absolute Gasteiger partial charge is 0.550 e. The molecule has 2 N–H and O–H groups in total. The summed E-state index contributed by atoms with van der Waals surface area (Å²) in [6.07, 6.45) is 0.124. The number of aliphatic hydroxyl groups excluding tert-OH is 2. The van der Waals surface area contributed by atoms with E-state index in [9.17, 15) is 24.5 Å². The van der Waals surface area contributed by atoms with Crippen LogP contribution in [0.1, 0.15) is 49.6 Å². The summed E-state index contributed by atoms with van der Waals surface area (Å²) in [6.45, 7) is 5.71. The molecule has 0 aliphatic carbocycles. The maximum Gasteiger partial charge on any atom is 1.00 e. The second-order valence-electron chi connectivity index (χ2n) is 7.79. The van der Waals surface area contributed by atoms with Crippen molar-refractivity contribution >= 4 is 23.1 Å². The van der Waals surface area contributed by atoms with Crippen LogP contribution in [0.3, 0.4) is 0 Å². The summed E-state index contributed by atoms with van der Waals surface area (Å²) < 4.78 is 18.9. The molecule has 0 unspecified atom stereocenters. The number of aryl methyl sites for hydroxylation is 1. The summed E-state index contributed by atoms with van der Waals surface area (Å²) in [5.74, 6) is -1.76. The van der Waals surface area contributed by atoms with Gasteiger partial charge in [0.15, 0.2) is 0 Å². The molecule has 1 aromatic carbocycles. The molecule has 0 amide bonds. The second kappa shape index (κ2) is 11.2. The maximum atomic E-state index is 13.5. The molecular formula is C23H24FN2NaO5. The Morgan fingerprint density at radius 2 is 1.91 bits per heavy atom. The van der Waals surface area contributed by atoms with Crippen molar-refractivity contribution in [1.82, 2.24) is 10.1 Å². The molecule has 9 heteroatoms. The molecule has 0 aliphatic rings. The van der Waals surface area contributed by atoms with Crippen LogP contribution in [0.15, 0.2) is 34.9 Å². The first kappa shape index (κ1) is 26.2. The van der Waals surface area contributed by atoms with Crippen LogP contribution in [0.5, 0.6) is 0 Å². The Labute approximate surface area is 207 Å². The molecule has 164 valence electrons. The number of benzene rings is 1. The minimum absolute atomic E-state index is 0. The van der Waals surface area contributed by atoms with Gasteiger partial charge in [-0.3, -0.25) is 0 Å². The van der Waals surface area contributed by atoms with Crippen LogP contribution in [0.25, 0.3) is 28.3 Å². The number of hydrogen-bond acceptors (Lipinski definition) is 7. The summed E-state index contributed by atoms with van der Waals surface area (Å²) in [6, 6.07) is 6.02. The van der Waals surface area contributed by atoms with E-state index >= 15 is 0 Å². The standard InChI is InChI=1S/C23H25FN2O5.Na/c1-12(2)22-18(9-8-16(27)10-17(28)11-19(29)30)21(14-4-6-15(24)7-5-14)20-13(3)26-31-23(20)25-22;/h4-9,12,16-17,27-28H,10-11H2,1-3H3,(H,29,30);/q;+1/p-1/b9-8+;/t16-,17-;/m1./s1. The Kier molecular flexibility index (Phi) is 9.12. The zero-order chi connectivity index (χ0) is 22.7. The molecule has 2 heterocycles. The topological polar surface area (TPSA) is 120 Å². The molecule has 0 spiro atoms. The van der Waals surface area contributed by atoms with Gasteiger partial charge in [0, 0.05) is 29.9 Å². The third-order valence-corrected chi connectivity index (χ3v) is 4.94. The Morgan fingerprint density at radius 1 is 1.25 bits per heavy atom. The van der Waals surface area contributed by atoms with E-state index in [1.54, 1.807) is 25.1 Å². The van der Waals surface area contributed by atoms with Crippen LogP contribution in [-0.4, -0.2) is 38.5 Å². The van der Waals surface area contributed by atoms with E-state index < -0.39 is 24.6 Å². The van der Waals surface area contributed by atoms with Crippen molar-refractivity contribution in [2.75, 3.05) is 0 Å². The van der Waals surface area contributed by atoms with Crippen LogP contribution in [0.2, 0.25) is 0 Å². The number of aliphatic hydroxyl groups is 2. The first-order valence-electron chi connectivity index (χ1n) is 9.97. The van der Waals surface area contributed by atoms with Crippen molar-refractivity contribution in [3.63, 3.8) is 0 Å². The van der Waals surface area contributed by atoms with Gasteiger partial charge in [-0.2, -0.15) is 0 Å². The summed E-state index contributed by atoms with van der Waals surface area (Å²) in [5.41, 5.74) is 3.86. The average Bonchev–Trinajstić information content (AvgIpc) is 3.06. The third-order valence-electron chi connectivity index (χ3n) is 4.94. The fourth-order valence-corrected chi connectivity index (χ4v) is 3.52. The Morgan fingerprint density at radius 3 is 2.50 bits per heavy atom. The number of carbonyl (C=O) groups is 1. The average molecular weight is 450 g/mol. The molecule has 3 rings (SSSR count). The van der Waals surface area contributed by atoms with E-state index in [2.05, 4.69) is 10.1 Å². The van der Waals surface area contributed by atoms with Gasteiger partial charge in [-0.15, -0.1) is 0 Å². The number of halogens is 1. The molecular weight excluding hydrogens is 426 g/mol. The molecule has 3 aromatic rings. The fraction of sp³-hybridized carbons (Fsp3) is 0.348. The van der Waals surface area contributed by atoms with Crippen LogP contribution < -0.4 is 34.7 Å². The Balaban J connectivity index is 0.00000363. The molecule has 0 fully saturated rings. The van der Waals surface area contributed by atoms with Crippen molar-refractivity contribution in [2.24, 2.45) is 0 Å². The number of nitrogens with zero attached hydrogens (tertiary/aromatic N) is 2. The minimum atomic E-state index is -1.39. The van der Waals surface area contributed by atoms with E-state index in [-0.39, 0.29) is 47.7 Å². The van der Waals surface area contributed by atoms with Crippen LogP contribution in [0.4, 0.5) is 4.39 Å². The van der Waals surface area contributed by atoms with E-state index in [1.165, 1.54) is 18.2 Å². The van der Waals surface area contributed by atoms with Gasteiger partial charge >= 0.3 is 29.6 Å². The normalized spacial score (nSPS) is 13.5. The molecule has 0 bridgehead atoms. The van der Waals surface area contributed by atoms with Gasteiger partial charge in [0.05, 0.1) is 29.0 Å². The molecule has 2 atom stereocenters. The summed E-state index contributed by atoms with van der Waals surface area (Å²) in [5, 5.41) is 35.4. The Hall–Kier alpha value is -2.10. The van der Waals surface area contributed by atoms with Gasteiger partial charge in [-0.25, -0.2) is 9.37 Å². The largest absolute Gasteiger partial charge is 1.00 e. The monoisotopic (exact) mass is 450 g/mol. The fourth-order valence-electron chi connectivity index (χ4n) is 3.52. The van der Waals surface area contributed by atoms with Crippen LogP contribution in [0, 0.1) is 12.7 Å². The number of fused-ring (bicyclic) bond motifs is 1. The van der Waals surface area contributed by atoms with Gasteiger partial charge < -0.3 is 24.6 Å². The molecule has 32 heavy (non-hydrogen) atoms. The number of carboxylic acid groups (broad SMARTS) is 1. The number of pyridine rings is 1. The predicted molar refractivity (Wildman–Crippen MR) is 111 cm³/mol. The zero-order valence-electron chi connectivity index (χ0n) is 18.5. The van der Waals surface area contributed by atoms with Crippen molar-refractivity contribution in [1.29, 1.82) is 0 Å². The number of aliphatic carboxylic acids is 1. The molecule has 7 nitrogen and oxygen atoms in total. The van der Waals surface area contributed by atoms with Gasteiger partial charge in [0.1, 0.15) is 5.82 Å². The maximum absolute atomic E-state index is 13.5. The van der Waals surface area contributed by atoms with Gasteiger partial charge in [-0.1, -0.05) is 43.3 Å². The summed E-state index contributed by atoms with van der Waals surface area (Å²) in [7, 11) is 0. The molecule has 2 aromatic heterocycles. The number of carbonyl (C=O) groups excluding carboxylic acids is 1. The van der Waals surface area contributed by atoms with E-state index in [4.69, 9.17) is 4.52 Å². The summed E-state index contributed by atoms with van der Waals surface area (Å²) >= 11 is 0.